The van der Waals surface area contributed by atoms with Crippen LogP contribution in [0, 0.1) is 6.92 Å². The van der Waals surface area contributed by atoms with Crippen LogP contribution in [0.5, 0.6) is 0 Å². The molecule has 1 aromatic carbocycles. The molecule has 34 heavy (non-hydrogen) atoms. The molecular weight excluding hydrogens is 455 g/mol. The second kappa shape index (κ2) is 8.74. The summed E-state index contributed by atoms with van der Waals surface area (Å²) in [6.45, 7) is 3.41. The third kappa shape index (κ3) is 4.69. The fourth-order valence-electron chi connectivity index (χ4n) is 3.45. The minimum atomic E-state index is -4.55. The molecule has 1 aliphatic heterocycles. The van der Waals surface area contributed by atoms with E-state index in [9.17, 15) is 22.8 Å². The Labute approximate surface area is 191 Å². The Morgan fingerprint density at radius 2 is 1.97 bits per heavy atom. The van der Waals surface area contributed by atoms with Crippen LogP contribution in [0.1, 0.15) is 56.4 Å². The number of rotatable bonds is 5. The number of hydrogen-bond acceptors (Lipinski definition) is 8. The maximum Gasteiger partial charge on any atom is 0.416 e. The molecule has 0 unspecified atom stereocenters. The zero-order chi connectivity index (χ0) is 24.6. The van der Waals surface area contributed by atoms with Crippen molar-refractivity contribution in [3.05, 3.63) is 64.4 Å². The number of hydrazine groups is 1. The van der Waals surface area contributed by atoms with Gasteiger partial charge < -0.3 is 20.6 Å². The van der Waals surface area contributed by atoms with Gasteiger partial charge in [0.25, 0.3) is 11.8 Å². The van der Waals surface area contributed by atoms with Crippen LogP contribution in [0.15, 0.2) is 35.1 Å². The third-order valence-electron chi connectivity index (χ3n) is 5.20. The fraction of sp³-hybridized carbons (Fsp3) is 0.286. The van der Waals surface area contributed by atoms with E-state index >= 15 is 0 Å². The van der Waals surface area contributed by atoms with Gasteiger partial charge in [-0.2, -0.15) is 13.2 Å². The van der Waals surface area contributed by atoms with Crippen LogP contribution >= 0.6 is 0 Å². The molecular formula is C21H20F3N7O3. The van der Waals surface area contributed by atoms with E-state index in [1.165, 1.54) is 31.5 Å². The first-order valence-corrected chi connectivity index (χ1v) is 10.1. The van der Waals surface area contributed by atoms with Crippen molar-refractivity contribution < 1.29 is 27.3 Å². The van der Waals surface area contributed by atoms with E-state index < -0.39 is 29.6 Å². The molecule has 3 N–H and O–H groups in total. The van der Waals surface area contributed by atoms with Gasteiger partial charge in [-0.15, -0.1) is 0 Å². The summed E-state index contributed by atoms with van der Waals surface area (Å²) in [5.74, 6) is -0.923. The van der Waals surface area contributed by atoms with Gasteiger partial charge in [-0.25, -0.2) is 15.0 Å². The lowest BCUT2D eigenvalue weighted by atomic mass is 10.1. The molecule has 4 rings (SSSR count). The summed E-state index contributed by atoms with van der Waals surface area (Å²) in [7, 11) is 1.80. The van der Waals surface area contributed by atoms with Crippen LogP contribution < -0.4 is 16.1 Å². The molecule has 3 heterocycles. The number of carbonyl (C=O) groups is 2. The van der Waals surface area contributed by atoms with Gasteiger partial charge >= 0.3 is 6.18 Å². The Morgan fingerprint density at radius 3 is 2.71 bits per heavy atom. The number of benzene rings is 1. The smallest absolute Gasteiger partial charge is 0.351 e. The lowest BCUT2D eigenvalue weighted by molar-refractivity contribution is -0.138. The van der Waals surface area contributed by atoms with Crippen LogP contribution in [-0.2, 0) is 12.7 Å². The quantitative estimate of drug-likeness (QED) is 0.513. The number of alkyl halides is 3. The average molecular weight is 475 g/mol. The van der Waals surface area contributed by atoms with Crippen molar-refractivity contribution >= 4 is 23.3 Å². The lowest BCUT2D eigenvalue weighted by Crippen LogP contribution is -2.28. The normalized spacial score (nSPS) is 14.3. The monoisotopic (exact) mass is 475 g/mol. The lowest BCUT2D eigenvalue weighted by Gasteiger charge is -2.12. The minimum absolute atomic E-state index is 0.0359. The van der Waals surface area contributed by atoms with Crippen molar-refractivity contribution in [2.24, 2.45) is 0 Å². The first-order valence-electron chi connectivity index (χ1n) is 10.1. The number of hydrogen-bond donors (Lipinski definition) is 3. The third-order valence-corrected chi connectivity index (χ3v) is 5.20. The first kappa shape index (κ1) is 23.2. The molecule has 0 radical (unpaired) electrons. The molecule has 0 saturated heterocycles. The number of amides is 2. The largest absolute Gasteiger partial charge is 0.416 e. The van der Waals surface area contributed by atoms with E-state index in [2.05, 4.69) is 31.2 Å². The van der Waals surface area contributed by atoms with E-state index in [0.29, 0.717) is 17.9 Å². The predicted octanol–water partition coefficient (Wildman–Crippen LogP) is 3.31. The molecule has 1 atom stereocenters. The van der Waals surface area contributed by atoms with E-state index in [1.54, 1.807) is 19.0 Å². The number of aryl methyl sites for hydroxylation is 1. The fourth-order valence-corrected chi connectivity index (χ4v) is 3.45. The molecule has 0 spiro atoms. The summed E-state index contributed by atoms with van der Waals surface area (Å²) in [4.78, 5) is 33.4. The highest BCUT2D eigenvalue weighted by Crippen LogP contribution is 2.33. The van der Waals surface area contributed by atoms with Crippen LogP contribution in [0.2, 0.25) is 0 Å². The van der Waals surface area contributed by atoms with Crippen LogP contribution in [0.4, 0.5) is 24.7 Å². The molecule has 2 aromatic heterocycles. The van der Waals surface area contributed by atoms with Crippen molar-refractivity contribution in [1.29, 1.82) is 0 Å². The molecule has 178 valence electrons. The SMILES string of the molecule is Cc1ccc(NC(=O)c2cc([C@H](C)NC(=O)c3ncnc4c3CN(C)N4)no2)cc1C(F)(F)F. The van der Waals surface area contributed by atoms with Gasteiger partial charge in [-0.3, -0.25) is 9.59 Å². The van der Waals surface area contributed by atoms with Crippen molar-refractivity contribution in [1.82, 2.24) is 25.5 Å². The van der Waals surface area contributed by atoms with Gasteiger partial charge in [0.1, 0.15) is 23.5 Å². The van der Waals surface area contributed by atoms with Crippen LogP contribution in [0.3, 0.4) is 0 Å². The first-order chi connectivity index (χ1) is 16.0. The standard InChI is InChI=1S/C21H20F3N7O3/c1-10-4-5-12(6-14(10)21(22,23)24)28-19(32)16-7-15(30-34-16)11(2)27-20(33)17-13-8-31(3)29-18(13)26-9-25-17/h4-7,9,11H,8H2,1-3H3,(H,27,33)(H,28,32)(H,25,26,29)/t11-/m0/s1. The Bertz CT molecular complexity index is 1260. The number of carbonyl (C=O) groups excluding carboxylic acids is 2. The Hall–Kier alpha value is -4.00. The molecule has 0 fully saturated rings. The molecule has 3 aromatic rings. The summed E-state index contributed by atoms with van der Waals surface area (Å²) in [6.07, 6.45) is -3.27. The van der Waals surface area contributed by atoms with E-state index in [1.807, 2.05) is 0 Å². The van der Waals surface area contributed by atoms with Crippen LogP contribution in [-0.4, -0.2) is 39.0 Å². The van der Waals surface area contributed by atoms with E-state index in [-0.39, 0.29) is 28.4 Å². The number of halogens is 3. The van der Waals surface area contributed by atoms with Gasteiger partial charge in [0.15, 0.2) is 0 Å². The molecule has 2 amide bonds. The van der Waals surface area contributed by atoms with Gasteiger partial charge in [0.2, 0.25) is 5.76 Å². The topological polar surface area (TPSA) is 125 Å². The van der Waals surface area contributed by atoms with E-state index in [4.69, 9.17) is 4.52 Å². The second-order valence-electron chi connectivity index (χ2n) is 7.81. The zero-order valence-corrected chi connectivity index (χ0v) is 18.3. The summed E-state index contributed by atoms with van der Waals surface area (Å²) in [5.41, 5.74) is 3.24. The summed E-state index contributed by atoms with van der Waals surface area (Å²) < 4.78 is 44.4. The van der Waals surface area contributed by atoms with Crippen molar-refractivity contribution in [3.63, 3.8) is 0 Å². The highest BCUT2D eigenvalue weighted by molar-refractivity contribution is 6.02. The Kier molecular flexibility index (Phi) is 5.96. The minimum Gasteiger partial charge on any atom is -0.351 e. The molecule has 0 aliphatic carbocycles. The van der Waals surface area contributed by atoms with Crippen LogP contribution in [0.25, 0.3) is 0 Å². The Morgan fingerprint density at radius 1 is 1.21 bits per heavy atom. The summed E-state index contributed by atoms with van der Waals surface area (Å²) in [6, 6.07) is 4.12. The summed E-state index contributed by atoms with van der Waals surface area (Å²) in [5, 5.41) is 10.7. The zero-order valence-electron chi connectivity index (χ0n) is 18.3. The highest BCUT2D eigenvalue weighted by Gasteiger charge is 2.33. The van der Waals surface area contributed by atoms with E-state index in [0.717, 1.165) is 6.07 Å². The average Bonchev–Trinajstić information content (AvgIpc) is 3.40. The van der Waals surface area contributed by atoms with Crippen molar-refractivity contribution in [2.45, 2.75) is 32.6 Å². The van der Waals surface area contributed by atoms with Gasteiger partial charge in [0.05, 0.1) is 11.6 Å². The predicted molar refractivity (Wildman–Crippen MR) is 114 cm³/mol. The maximum atomic E-state index is 13.1. The highest BCUT2D eigenvalue weighted by atomic mass is 19.4. The molecule has 1 aliphatic rings. The molecule has 13 heteroatoms. The number of nitrogens with one attached hydrogen (secondary N) is 3. The number of anilines is 2. The van der Waals surface area contributed by atoms with Gasteiger partial charge in [-0.05, 0) is 31.5 Å². The van der Waals surface area contributed by atoms with Gasteiger partial charge in [-0.1, -0.05) is 11.2 Å². The summed E-state index contributed by atoms with van der Waals surface area (Å²) >= 11 is 0. The van der Waals surface area contributed by atoms with Gasteiger partial charge in [0, 0.05) is 30.9 Å². The Balaban J connectivity index is 1.44. The molecule has 0 bridgehead atoms. The number of aromatic nitrogens is 3. The second-order valence-corrected chi connectivity index (χ2v) is 7.81. The molecule has 10 nitrogen and oxygen atoms in total. The molecule has 0 saturated carbocycles. The van der Waals surface area contributed by atoms with Crippen molar-refractivity contribution in [2.75, 3.05) is 17.8 Å². The number of fused-ring (bicyclic) bond motifs is 1. The number of nitrogens with zero attached hydrogens (tertiary/aromatic N) is 4. The maximum absolute atomic E-state index is 13.1. The van der Waals surface area contributed by atoms with Crippen molar-refractivity contribution in [3.8, 4) is 0 Å².